The summed E-state index contributed by atoms with van der Waals surface area (Å²) in [4.78, 5) is 0. The summed E-state index contributed by atoms with van der Waals surface area (Å²) in [7, 11) is 3.69. The highest BCUT2D eigenvalue weighted by atomic mass is 16.5. The number of aryl methyl sites for hydroxylation is 1. The third kappa shape index (κ3) is 1.87. The third-order valence-corrected chi connectivity index (χ3v) is 2.66. The predicted octanol–water partition coefficient (Wildman–Crippen LogP) is 3.34. The molecule has 1 aromatic heterocycles. The van der Waals surface area contributed by atoms with E-state index < -0.39 is 0 Å². The summed E-state index contributed by atoms with van der Waals surface area (Å²) in [6.07, 6.45) is 3.94. The monoisotopic (exact) mass is 213 g/mol. The fourth-order valence-electron chi connectivity index (χ4n) is 1.74. The molecule has 1 heterocycles. The van der Waals surface area contributed by atoms with Gasteiger partial charge in [-0.3, -0.25) is 0 Å². The molecule has 82 valence electrons. The van der Waals surface area contributed by atoms with Crippen molar-refractivity contribution in [3.63, 3.8) is 0 Å². The normalized spacial score (nSPS) is 10.1. The Morgan fingerprint density at radius 2 is 2.06 bits per heavy atom. The topological polar surface area (TPSA) is 14.2 Å². The molecule has 0 fully saturated rings. The van der Waals surface area contributed by atoms with E-state index in [1.165, 1.54) is 5.56 Å². The van der Waals surface area contributed by atoms with Gasteiger partial charge in [-0.05, 0) is 29.8 Å². The average Bonchev–Trinajstić information content (AvgIpc) is 2.71. The molecule has 0 aliphatic heterocycles. The first-order valence-electron chi connectivity index (χ1n) is 5.18. The molecular weight excluding hydrogens is 198 g/mol. The van der Waals surface area contributed by atoms with Crippen LogP contribution in [0.3, 0.4) is 0 Å². The maximum atomic E-state index is 5.21. The van der Waals surface area contributed by atoms with Crippen molar-refractivity contribution >= 4 is 6.08 Å². The van der Waals surface area contributed by atoms with Gasteiger partial charge in [-0.1, -0.05) is 18.7 Å². The molecule has 0 spiro atoms. The molecule has 0 N–H and O–H groups in total. The van der Waals surface area contributed by atoms with Crippen LogP contribution in [0.1, 0.15) is 5.69 Å². The summed E-state index contributed by atoms with van der Waals surface area (Å²) in [5.74, 6) is 0.876. The summed E-state index contributed by atoms with van der Waals surface area (Å²) in [5.41, 5.74) is 3.44. The SMILES string of the molecule is C=Cc1cc(-c2cccc(OC)c2)cn1C. The molecule has 2 heteroatoms. The number of rotatable bonds is 3. The Morgan fingerprint density at radius 3 is 2.69 bits per heavy atom. The van der Waals surface area contributed by atoms with Crippen LogP contribution in [0.15, 0.2) is 43.1 Å². The Balaban J connectivity index is 2.45. The van der Waals surface area contributed by atoms with Crippen molar-refractivity contribution in [1.29, 1.82) is 0 Å². The van der Waals surface area contributed by atoms with Gasteiger partial charge in [0.2, 0.25) is 0 Å². The molecule has 0 bridgehead atoms. The first-order chi connectivity index (χ1) is 7.74. The van der Waals surface area contributed by atoms with Crippen LogP contribution in [-0.2, 0) is 7.05 Å². The maximum absolute atomic E-state index is 5.21. The Hall–Kier alpha value is -1.96. The van der Waals surface area contributed by atoms with E-state index in [2.05, 4.69) is 29.5 Å². The highest BCUT2D eigenvalue weighted by molar-refractivity contribution is 5.67. The minimum atomic E-state index is 0.876. The quantitative estimate of drug-likeness (QED) is 0.762. The number of ether oxygens (including phenoxy) is 1. The lowest BCUT2D eigenvalue weighted by Crippen LogP contribution is -1.85. The van der Waals surface area contributed by atoms with Crippen molar-refractivity contribution in [3.05, 3.63) is 48.8 Å². The molecular formula is C14H15NO. The number of methoxy groups -OCH3 is 1. The van der Waals surface area contributed by atoms with Gasteiger partial charge in [-0.15, -0.1) is 0 Å². The first-order valence-corrected chi connectivity index (χ1v) is 5.18. The molecule has 2 rings (SSSR count). The summed E-state index contributed by atoms with van der Waals surface area (Å²) in [6, 6.07) is 10.2. The zero-order valence-corrected chi connectivity index (χ0v) is 9.60. The van der Waals surface area contributed by atoms with Gasteiger partial charge < -0.3 is 9.30 Å². The van der Waals surface area contributed by atoms with Crippen molar-refractivity contribution in [3.8, 4) is 16.9 Å². The van der Waals surface area contributed by atoms with E-state index in [1.807, 2.05) is 31.3 Å². The van der Waals surface area contributed by atoms with E-state index in [0.717, 1.165) is 17.0 Å². The molecule has 2 nitrogen and oxygen atoms in total. The van der Waals surface area contributed by atoms with Gasteiger partial charge in [-0.25, -0.2) is 0 Å². The second-order valence-electron chi connectivity index (χ2n) is 3.70. The van der Waals surface area contributed by atoms with Gasteiger partial charge in [0.15, 0.2) is 0 Å². The molecule has 0 atom stereocenters. The van der Waals surface area contributed by atoms with Gasteiger partial charge in [0, 0.05) is 24.5 Å². The fraction of sp³-hybridized carbons (Fsp3) is 0.143. The zero-order chi connectivity index (χ0) is 11.5. The zero-order valence-electron chi connectivity index (χ0n) is 9.60. The van der Waals surface area contributed by atoms with Crippen molar-refractivity contribution in [2.24, 2.45) is 7.05 Å². The first kappa shape index (κ1) is 10.6. The Morgan fingerprint density at radius 1 is 1.25 bits per heavy atom. The van der Waals surface area contributed by atoms with Crippen LogP contribution in [0.4, 0.5) is 0 Å². The van der Waals surface area contributed by atoms with Crippen molar-refractivity contribution in [1.82, 2.24) is 4.57 Å². The smallest absolute Gasteiger partial charge is 0.119 e. The number of hydrogen-bond donors (Lipinski definition) is 0. The minimum absolute atomic E-state index is 0.876. The molecule has 0 aliphatic carbocycles. The highest BCUT2D eigenvalue weighted by Gasteiger charge is 2.03. The van der Waals surface area contributed by atoms with Crippen molar-refractivity contribution < 1.29 is 4.74 Å². The molecule has 2 aromatic rings. The number of hydrogen-bond acceptors (Lipinski definition) is 1. The van der Waals surface area contributed by atoms with Crippen LogP contribution in [0, 0.1) is 0 Å². The van der Waals surface area contributed by atoms with E-state index >= 15 is 0 Å². The number of aromatic nitrogens is 1. The molecule has 0 saturated carbocycles. The van der Waals surface area contributed by atoms with E-state index in [1.54, 1.807) is 7.11 Å². The summed E-state index contributed by atoms with van der Waals surface area (Å²) < 4.78 is 7.27. The fourth-order valence-corrected chi connectivity index (χ4v) is 1.74. The van der Waals surface area contributed by atoms with E-state index in [0.29, 0.717) is 0 Å². The molecule has 0 radical (unpaired) electrons. The van der Waals surface area contributed by atoms with E-state index in [4.69, 9.17) is 4.74 Å². The lowest BCUT2D eigenvalue weighted by Gasteiger charge is -2.01. The lowest BCUT2D eigenvalue weighted by molar-refractivity contribution is 0.415. The minimum Gasteiger partial charge on any atom is -0.497 e. The Bertz CT molecular complexity index is 511. The number of benzene rings is 1. The lowest BCUT2D eigenvalue weighted by atomic mass is 10.1. The van der Waals surface area contributed by atoms with Crippen LogP contribution < -0.4 is 4.74 Å². The average molecular weight is 213 g/mol. The second-order valence-corrected chi connectivity index (χ2v) is 3.70. The van der Waals surface area contributed by atoms with Crippen LogP contribution in [0.25, 0.3) is 17.2 Å². The molecule has 1 aromatic carbocycles. The van der Waals surface area contributed by atoms with Crippen LogP contribution in [-0.4, -0.2) is 11.7 Å². The standard InChI is InChI=1S/C14H15NO/c1-4-13-8-12(10-15(13)2)11-6-5-7-14(9-11)16-3/h4-10H,1H2,2-3H3. The van der Waals surface area contributed by atoms with Crippen molar-refractivity contribution in [2.75, 3.05) is 7.11 Å². The van der Waals surface area contributed by atoms with Gasteiger partial charge >= 0.3 is 0 Å². The Labute approximate surface area is 95.8 Å². The molecule has 0 saturated heterocycles. The summed E-state index contributed by atoms with van der Waals surface area (Å²) in [6.45, 7) is 3.79. The van der Waals surface area contributed by atoms with Gasteiger partial charge in [0.1, 0.15) is 5.75 Å². The van der Waals surface area contributed by atoms with Gasteiger partial charge in [-0.2, -0.15) is 0 Å². The molecule has 0 unspecified atom stereocenters. The molecule has 16 heavy (non-hydrogen) atoms. The number of nitrogens with zero attached hydrogens (tertiary/aromatic N) is 1. The summed E-state index contributed by atoms with van der Waals surface area (Å²) in [5, 5.41) is 0. The molecule has 0 aliphatic rings. The van der Waals surface area contributed by atoms with Crippen LogP contribution in [0.2, 0.25) is 0 Å². The van der Waals surface area contributed by atoms with E-state index in [9.17, 15) is 0 Å². The molecule has 0 amide bonds. The summed E-state index contributed by atoms with van der Waals surface area (Å²) >= 11 is 0. The Kier molecular flexibility index (Phi) is 2.82. The van der Waals surface area contributed by atoms with Crippen molar-refractivity contribution in [2.45, 2.75) is 0 Å². The predicted molar refractivity (Wildman–Crippen MR) is 67.5 cm³/mol. The van der Waals surface area contributed by atoms with Gasteiger partial charge in [0.05, 0.1) is 7.11 Å². The maximum Gasteiger partial charge on any atom is 0.119 e. The third-order valence-electron chi connectivity index (χ3n) is 2.66. The van der Waals surface area contributed by atoms with E-state index in [-0.39, 0.29) is 0 Å². The largest absolute Gasteiger partial charge is 0.497 e. The van der Waals surface area contributed by atoms with Crippen LogP contribution >= 0.6 is 0 Å². The second kappa shape index (κ2) is 4.27. The van der Waals surface area contributed by atoms with Gasteiger partial charge in [0.25, 0.3) is 0 Å². The highest BCUT2D eigenvalue weighted by Crippen LogP contribution is 2.25. The van der Waals surface area contributed by atoms with Crippen LogP contribution in [0.5, 0.6) is 5.75 Å².